The number of carbonyl (C=O) groups excluding carboxylic acids is 1. The van der Waals surface area contributed by atoms with Crippen molar-refractivity contribution < 1.29 is 4.79 Å². The minimum atomic E-state index is -0.0478. The Morgan fingerprint density at radius 2 is 2.28 bits per heavy atom. The first-order chi connectivity index (χ1) is 8.60. The molecular weight excluding hydrogens is 268 g/mol. The van der Waals surface area contributed by atoms with E-state index in [1.807, 2.05) is 18.7 Å². The predicted octanol–water partition coefficient (Wildman–Crippen LogP) is 3.06. The van der Waals surface area contributed by atoms with Crippen molar-refractivity contribution in [3.8, 4) is 0 Å². The number of nitrogens with one attached hydrogen (secondary N) is 1. The highest BCUT2D eigenvalue weighted by Gasteiger charge is 2.28. The minimum absolute atomic E-state index is 0.0478. The Hall–Kier alpha value is -0.740. The molecule has 0 aliphatic heterocycles. The van der Waals surface area contributed by atoms with Gasteiger partial charge in [0, 0.05) is 22.5 Å². The van der Waals surface area contributed by atoms with E-state index in [0.717, 1.165) is 12.1 Å². The second kappa shape index (κ2) is 5.93. The number of aromatic nitrogens is 1. The average Bonchev–Trinajstić information content (AvgIpc) is 2.75. The van der Waals surface area contributed by atoms with E-state index in [1.54, 1.807) is 12.1 Å². The van der Waals surface area contributed by atoms with Crippen LogP contribution < -0.4 is 5.32 Å². The summed E-state index contributed by atoms with van der Waals surface area (Å²) < 4.78 is 0. The highest BCUT2D eigenvalue weighted by molar-refractivity contribution is 7.99. The Morgan fingerprint density at radius 1 is 1.50 bits per heavy atom. The van der Waals surface area contributed by atoms with Crippen LogP contribution >= 0.6 is 23.4 Å². The van der Waals surface area contributed by atoms with Gasteiger partial charge in [0.15, 0.2) is 0 Å². The molecule has 0 saturated heterocycles. The van der Waals surface area contributed by atoms with E-state index in [0.29, 0.717) is 16.0 Å². The number of pyridine rings is 1. The number of aryl methyl sites for hydroxylation is 1. The van der Waals surface area contributed by atoms with Crippen LogP contribution in [0.4, 0.5) is 0 Å². The van der Waals surface area contributed by atoms with Crippen LogP contribution in [0.2, 0.25) is 5.15 Å². The summed E-state index contributed by atoms with van der Waals surface area (Å²) in [5.74, 6) is -0.0478. The maximum absolute atomic E-state index is 12.2. The van der Waals surface area contributed by atoms with Crippen LogP contribution in [0.5, 0.6) is 0 Å². The zero-order valence-electron chi connectivity index (χ0n) is 10.6. The van der Waals surface area contributed by atoms with E-state index in [4.69, 9.17) is 11.6 Å². The van der Waals surface area contributed by atoms with Crippen molar-refractivity contribution in [2.75, 3.05) is 6.26 Å². The first kappa shape index (κ1) is 13.7. The van der Waals surface area contributed by atoms with Crippen molar-refractivity contribution in [3.05, 3.63) is 28.5 Å². The van der Waals surface area contributed by atoms with Gasteiger partial charge in [-0.3, -0.25) is 4.79 Å². The van der Waals surface area contributed by atoms with Crippen LogP contribution in [0.15, 0.2) is 12.1 Å². The highest BCUT2D eigenvalue weighted by Crippen LogP contribution is 2.28. The van der Waals surface area contributed by atoms with Crippen molar-refractivity contribution in [1.82, 2.24) is 10.3 Å². The molecule has 98 valence electrons. The fraction of sp³-hybridized carbons (Fsp3) is 0.538. The van der Waals surface area contributed by atoms with Crippen LogP contribution in [-0.4, -0.2) is 28.4 Å². The number of rotatable bonds is 3. The van der Waals surface area contributed by atoms with Gasteiger partial charge in [-0.2, -0.15) is 11.8 Å². The molecule has 2 rings (SSSR count). The SMILES string of the molecule is CSC1CCCC1NC(=O)c1cc(C)nc(Cl)c1. The summed E-state index contributed by atoms with van der Waals surface area (Å²) in [5, 5.41) is 4.01. The topological polar surface area (TPSA) is 42.0 Å². The van der Waals surface area contributed by atoms with Gasteiger partial charge in [0.2, 0.25) is 0 Å². The van der Waals surface area contributed by atoms with Gasteiger partial charge in [0.25, 0.3) is 5.91 Å². The predicted molar refractivity (Wildman–Crippen MR) is 76.4 cm³/mol. The number of halogens is 1. The molecule has 1 aromatic rings. The summed E-state index contributed by atoms with van der Waals surface area (Å²) in [6, 6.07) is 3.66. The van der Waals surface area contributed by atoms with Gasteiger partial charge in [-0.25, -0.2) is 4.98 Å². The molecule has 1 saturated carbocycles. The first-order valence-corrected chi connectivity index (χ1v) is 7.74. The fourth-order valence-electron chi connectivity index (χ4n) is 2.38. The molecule has 0 bridgehead atoms. The molecular formula is C13H17ClN2OS. The lowest BCUT2D eigenvalue weighted by Crippen LogP contribution is -2.38. The molecule has 0 radical (unpaired) electrons. The van der Waals surface area contributed by atoms with E-state index in [2.05, 4.69) is 16.6 Å². The average molecular weight is 285 g/mol. The van der Waals surface area contributed by atoms with Gasteiger partial charge in [-0.15, -0.1) is 0 Å². The molecule has 1 aliphatic rings. The summed E-state index contributed by atoms with van der Waals surface area (Å²) in [5.41, 5.74) is 1.36. The maximum atomic E-state index is 12.2. The highest BCUT2D eigenvalue weighted by atomic mass is 35.5. The van der Waals surface area contributed by atoms with Gasteiger partial charge in [-0.05, 0) is 38.2 Å². The molecule has 1 heterocycles. The molecule has 1 aliphatic carbocycles. The quantitative estimate of drug-likeness (QED) is 0.868. The van der Waals surface area contributed by atoms with Crippen LogP contribution in [0, 0.1) is 6.92 Å². The summed E-state index contributed by atoms with van der Waals surface area (Å²) in [6.45, 7) is 1.84. The van der Waals surface area contributed by atoms with Gasteiger partial charge < -0.3 is 5.32 Å². The number of thioether (sulfide) groups is 1. The second-order valence-corrected chi connectivity index (χ2v) is 6.07. The third-order valence-electron chi connectivity index (χ3n) is 3.26. The van der Waals surface area contributed by atoms with Crippen LogP contribution in [-0.2, 0) is 0 Å². The van der Waals surface area contributed by atoms with Crippen molar-refractivity contribution in [2.24, 2.45) is 0 Å². The standard InChI is InChI=1S/C13H17ClN2OS/c1-8-6-9(7-12(14)15-8)13(17)16-10-4-3-5-11(10)18-2/h6-7,10-11H,3-5H2,1-2H3,(H,16,17). The summed E-state index contributed by atoms with van der Waals surface area (Å²) in [6.07, 6.45) is 5.53. The Balaban J connectivity index is 2.07. The normalized spacial score (nSPS) is 23.1. The van der Waals surface area contributed by atoms with E-state index in [-0.39, 0.29) is 11.9 Å². The number of carbonyl (C=O) groups is 1. The van der Waals surface area contributed by atoms with Gasteiger partial charge >= 0.3 is 0 Å². The number of hydrogen-bond acceptors (Lipinski definition) is 3. The lowest BCUT2D eigenvalue weighted by molar-refractivity contribution is 0.0938. The Bertz CT molecular complexity index is 432. The number of hydrogen-bond donors (Lipinski definition) is 1. The Labute approximate surface area is 117 Å². The number of amides is 1. The van der Waals surface area contributed by atoms with E-state index in [1.165, 1.54) is 12.8 Å². The van der Waals surface area contributed by atoms with Gasteiger partial charge in [0.1, 0.15) is 5.15 Å². The second-order valence-electron chi connectivity index (χ2n) is 4.60. The van der Waals surface area contributed by atoms with Crippen LogP contribution in [0.3, 0.4) is 0 Å². The lowest BCUT2D eigenvalue weighted by Gasteiger charge is -2.19. The van der Waals surface area contributed by atoms with Crippen molar-refractivity contribution >= 4 is 29.3 Å². The molecule has 1 aromatic heterocycles. The third-order valence-corrected chi connectivity index (χ3v) is 4.62. The summed E-state index contributed by atoms with van der Waals surface area (Å²) in [7, 11) is 0. The minimum Gasteiger partial charge on any atom is -0.348 e. The zero-order valence-corrected chi connectivity index (χ0v) is 12.1. The van der Waals surface area contributed by atoms with E-state index >= 15 is 0 Å². The lowest BCUT2D eigenvalue weighted by atomic mass is 10.2. The van der Waals surface area contributed by atoms with Crippen molar-refractivity contribution in [3.63, 3.8) is 0 Å². The molecule has 0 aromatic carbocycles. The number of nitrogens with zero attached hydrogens (tertiary/aromatic N) is 1. The van der Waals surface area contributed by atoms with Crippen LogP contribution in [0.25, 0.3) is 0 Å². The van der Waals surface area contributed by atoms with Gasteiger partial charge in [-0.1, -0.05) is 18.0 Å². The van der Waals surface area contributed by atoms with Gasteiger partial charge in [0.05, 0.1) is 0 Å². The fourth-order valence-corrected chi connectivity index (χ4v) is 3.57. The summed E-state index contributed by atoms with van der Waals surface area (Å²) in [4.78, 5) is 16.2. The molecule has 1 amide bonds. The van der Waals surface area contributed by atoms with Crippen molar-refractivity contribution in [1.29, 1.82) is 0 Å². The molecule has 1 N–H and O–H groups in total. The van der Waals surface area contributed by atoms with Crippen molar-refractivity contribution in [2.45, 2.75) is 37.5 Å². The maximum Gasteiger partial charge on any atom is 0.251 e. The molecule has 1 fully saturated rings. The molecule has 2 atom stereocenters. The molecule has 0 spiro atoms. The summed E-state index contributed by atoms with van der Waals surface area (Å²) >= 11 is 7.70. The zero-order chi connectivity index (χ0) is 13.1. The largest absolute Gasteiger partial charge is 0.348 e. The molecule has 3 nitrogen and oxygen atoms in total. The first-order valence-electron chi connectivity index (χ1n) is 6.08. The Kier molecular flexibility index (Phi) is 4.51. The third kappa shape index (κ3) is 3.18. The van der Waals surface area contributed by atoms with E-state index < -0.39 is 0 Å². The molecule has 5 heteroatoms. The van der Waals surface area contributed by atoms with Crippen LogP contribution in [0.1, 0.15) is 35.3 Å². The Morgan fingerprint density at radius 3 is 2.94 bits per heavy atom. The molecule has 18 heavy (non-hydrogen) atoms. The smallest absolute Gasteiger partial charge is 0.251 e. The van der Waals surface area contributed by atoms with E-state index in [9.17, 15) is 4.79 Å². The monoisotopic (exact) mass is 284 g/mol. The molecule has 2 unspecified atom stereocenters.